The van der Waals surface area contributed by atoms with Crippen molar-refractivity contribution in [3.8, 4) is 22.9 Å². The molecule has 1 aliphatic rings. The number of nitrogens with one attached hydrogen (secondary N) is 1. The second-order valence-corrected chi connectivity index (χ2v) is 5.20. The predicted octanol–water partition coefficient (Wildman–Crippen LogP) is 2.77. The lowest BCUT2D eigenvalue weighted by Crippen LogP contribution is -1.94. The van der Waals surface area contributed by atoms with E-state index >= 15 is 0 Å². The Bertz CT molecular complexity index is 888. The van der Waals surface area contributed by atoms with Gasteiger partial charge in [0.05, 0.1) is 23.5 Å². The fourth-order valence-corrected chi connectivity index (χ4v) is 2.80. The molecule has 22 heavy (non-hydrogen) atoms. The minimum Gasteiger partial charge on any atom is -0.369 e. The molecule has 1 aromatic carbocycles. The van der Waals surface area contributed by atoms with Crippen LogP contribution < -0.4 is 5.32 Å². The number of fused-ring (bicyclic) bond motifs is 1. The highest BCUT2D eigenvalue weighted by molar-refractivity contribution is 5.73. The third-order valence-electron chi connectivity index (χ3n) is 3.86. The van der Waals surface area contributed by atoms with Gasteiger partial charge in [-0.1, -0.05) is 6.07 Å². The molecule has 0 aliphatic carbocycles. The first-order chi connectivity index (χ1) is 10.8. The van der Waals surface area contributed by atoms with E-state index in [0.29, 0.717) is 5.56 Å². The summed E-state index contributed by atoms with van der Waals surface area (Å²) in [4.78, 5) is 4.36. The minimum atomic E-state index is 0.628. The first-order valence-electron chi connectivity index (χ1n) is 7.12. The highest BCUT2D eigenvalue weighted by atomic mass is 15.3. The standard InChI is InChI=1S/C17H13N5/c18-9-12-2-1-3-14(8-12)22-11-13(10-21-22)15-4-6-19-17-16(15)5-7-20-17/h1-4,6,8,10-11H,5,7H2,(H,19,20). The van der Waals surface area contributed by atoms with Crippen molar-refractivity contribution in [1.82, 2.24) is 14.8 Å². The van der Waals surface area contributed by atoms with Crippen LogP contribution in [0.3, 0.4) is 0 Å². The van der Waals surface area contributed by atoms with E-state index in [0.717, 1.165) is 35.6 Å². The van der Waals surface area contributed by atoms with Gasteiger partial charge in [-0.15, -0.1) is 0 Å². The monoisotopic (exact) mass is 287 g/mol. The van der Waals surface area contributed by atoms with E-state index in [9.17, 15) is 0 Å². The number of anilines is 1. The Hall–Kier alpha value is -3.13. The number of aromatic nitrogens is 3. The molecule has 4 rings (SSSR count). The van der Waals surface area contributed by atoms with Gasteiger partial charge in [0.15, 0.2) is 0 Å². The quantitative estimate of drug-likeness (QED) is 0.787. The van der Waals surface area contributed by atoms with Crippen molar-refractivity contribution in [1.29, 1.82) is 5.26 Å². The van der Waals surface area contributed by atoms with E-state index in [1.54, 1.807) is 10.7 Å². The summed E-state index contributed by atoms with van der Waals surface area (Å²) in [5.41, 5.74) is 4.98. The van der Waals surface area contributed by atoms with Crippen molar-refractivity contribution >= 4 is 5.82 Å². The van der Waals surface area contributed by atoms with Gasteiger partial charge in [0.2, 0.25) is 0 Å². The lowest BCUT2D eigenvalue weighted by atomic mass is 10.0. The number of nitriles is 1. The maximum Gasteiger partial charge on any atom is 0.129 e. The van der Waals surface area contributed by atoms with Crippen LogP contribution in [0.1, 0.15) is 11.1 Å². The van der Waals surface area contributed by atoms with Crippen LogP contribution in [0.5, 0.6) is 0 Å². The number of hydrogen-bond donors (Lipinski definition) is 1. The molecule has 0 spiro atoms. The molecule has 0 fully saturated rings. The molecule has 5 heteroatoms. The lowest BCUT2D eigenvalue weighted by molar-refractivity contribution is 0.880. The molecule has 0 bridgehead atoms. The SMILES string of the molecule is N#Cc1cccc(-n2cc(-c3ccnc4c3CCN4)cn2)c1. The zero-order chi connectivity index (χ0) is 14.9. The third-order valence-corrected chi connectivity index (χ3v) is 3.86. The topological polar surface area (TPSA) is 66.5 Å². The molecule has 2 aromatic heterocycles. The van der Waals surface area contributed by atoms with Crippen LogP contribution in [0, 0.1) is 11.3 Å². The van der Waals surface area contributed by atoms with Gasteiger partial charge in [0.1, 0.15) is 5.82 Å². The minimum absolute atomic E-state index is 0.628. The van der Waals surface area contributed by atoms with Gasteiger partial charge in [-0.05, 0) is 36.2 Å². The Kier molecular flexibility index (Phi) is 2.87. The summed E-state index contributed by atoms with van der Waals surface area (Å²) in [6.07, 6.45) is 6.64. The molecule has 0 saturated carbocycles. The van der Waals surface area contributed by atoms with Crippen molar-refractivity contribution in [2.45, 2.75) is 6.42 Å². The van der Waals surface area contributed by atoms with Crippen LogP contribution in [-0.2, 0) is 6.42 Å². The highest BCUT2D eigenvalue weighted by Gasteiger charge is 2.17. The third kappa shape index (κ3) is 2.02. The van der Waals surface area contributed by atoms with Gasteiger partial charge in [-0.2, -0.15) is 10.4 Å². The maximum atomic E-state index is 9.00. The average molecular weight is 287 g/mol. The van der Waals surface area contributed by atoms with Crippen molar-refractivity contribution in [3.63, 3.8) is 0 Å². The fraction of sp³-hybridized carbons (Fsp3) is 0.118. The second kappa shape index (κ2) is 5.01. The number of rotatable bonds is 2. The molecule has 3 aromatic rings. The summed E-state index contributed by atoms with van der Waals surface area (Å²) in [7, 11) is 0. The van der Waals surface area contributed by atoms with Crippen LogP contribution in [0.4, 0.5) is 5.82 Å². The zero-order valence-electron chi connectivity index (χ0n) is 11.8. The van der Waals surface area contributed by atoms with Gasteiger partial charge in [-0.3, -0.25) is 0 Å². The first-order valence-corrected chi connectivity index (χ1v) is 7.12. The molecule has 0 saturated heterocycles. The van der Waals surface area contributed by atoms with E-state index in [4.69, 9.17) is 5.26 Å². The van der Waals surface area contributed by atoms with Gasteiger partial charge < -0.3 is 5.32 Å². The molecule has 0 amide bonds. The van der Waals surface area contributed by atoms with E-state index in [1.807, 2.05) is 42.9 Å². The number of nitrogens with zero attached hydrogens (tertiary/aromatic N) is 4. The molecule has 0 radical (unpaired) electrons. The van der Waals surface area contributed by atoms with Crippen LogP contribution in [0.15, 0.2) is 48.9 Å². The summed E-state index contributed by atoms with van der Waals surface area (Å²) in [6, 6.07) is 11.6. The predicted molar refractivity (Wildman–Crippen MR) is 83.7 cm³/mol. The molecule has 0 atom stereocenters. The molecule has 106 valence electrons. The largest absolute Gasteiger partial charge is 0.369 e. The summed E-state index contributed by atoms with van der Waals surface area (Å²) >= 11 is 0. The molecule has 3 heterocycles. The average Bonchev–Trinajstić information content (AvgIpc) is 3.23. The smallest absolute Gasteiger partial charge is 0.129 e. The number of benzene rings is 1. The zero-order valence-corrected chi connectivity index (χ0v) is 11.8. The molecule has 1 N–H and O–H groups in total. The molecule has 0 unspecified atom stereocenters. The van der Waals surface area contributed by atoms with Crippen molar-refractivity contribution in [2.24, 2.45) is 0 Å². The Morgan fingerprint density at radius 2 is 2.23 bits per heavy atom. The van der Waals surface area contributed by atoms with Gasteiger partial charge >= 0.3 is 0 Å². The lowest BCUT2D eigenvalue weighted by Gasteiger charge is -2.04. The molecular formula is C17H13N5. The number of hydrogen-bond acceptors (Lipinski definition) is 4. The van der Waals surface area contributed by atoms with Crippen LogP contribution in [0.2, 0.25) is 0 Å². The molecule has 1 aliphatic heterocycles. The fourth-order valence-electron chi connectivity index (χ4n) is 2.80. The Morgan fingerprint density at radius 3 is 3.14 bits per heavy atom. The maximum absolute atomic E-state index is 9.00. The Labute approximate surface area is 127 Å². The van der Waals surface area contributed by atoms with Gasteiger partial charge in [0.25, 0.3) is 0 Å². The Balaban J connectivity index is 1.76. The van der Waals surface area contributed by atoms with E-state index in [2.05, 4.69) is 21.5 Å². The highest BCUT2D eigenvalue weighted by Crippen LogP contribution is 2.31. The summed E-state index contributed by atoms with van der Waals surface area (Å²) in [5, 5.41) is 16.7. The Morgan fingerprint density at radius 1 is 1.27 bits per heavy atom. The van der Waals surface area contributed by atoms with Crippen LogP contribution in [-0.4, -0.2) is 21.3 Å². The molecule has 5 nitrogen and oxygen atoms in total. The second-order valence-electron chi connectivity index (χ2n) is 5.20. The first kappa shape index (κ1) is 12.6. The number of pyridine rings is 1. The summed E-state index contributed by atoms with van der Waals surface area (Å²) < 4.78 is 1.80. The summed E-state index contributed by atoms with van der Waals surface area (Å²) in [6.45, 7) is 0.928. The van der Waals surface area contributed by atoms with Crippen molar-refractivity contribution in [3.05, 3.63) is 60.0 Å². The van der Waals surface area contributed by atoms with E-state index in [-0.39, 0.29) is 0 Å². The molecular weight excluding hydrogens is 274 g/mol. The van der Waals surface area contributed by atoms with Gasteiger partial charge in [0, 0.05) is 30.1 Å². The van der Waals surface area contributed by atoms with Gasteiger partial charge in [-0.25, -0.2) is 9.67 Å². The summed E-state index contributed by atoms with van der Waals surface area (Å²) in [5.74, 6) is 0.969. The van der Waals surface area contributed by atoms with Crippen molar-refractivity contribution < 1.29 is 0 Å². The van der Waals surface area contributed by atoms with Crippen LogP contribution in [0.25, 0.3) is 16.8 Å². The van der Waals surface area contributed by atoms with Crippen molar-refractivity contribution in [2.75, 3.05) is 11.9 Å². The van der Waals surface area contributed by atoms with Crippen LogP contribution >= 0.6 is 0 Å². The normalized spacial score (nSPS) is 12.5. The van der Waals surface area contributed by atoms with E-state index < -0.39 is 0 Å². The van der Waals surface area contributed by atoms with E-state index in [1.165, 1.54) is 5.56 Å².